The normalized spacial score (nSPS) is 12.5. The second-order valence-corrected chi connectivity index (χ2v) is 7.13. The summed E-state index contributed by atoms with van der Waals surface area (Å²) in [5.74, 6) is 1.51. The largest absolute Gasteiger partial charge is 0.497 e. The molecular weight excluding hydrogens is 350 g/mol. The molecule has 0 radical (unpaired) electrons. The number of hydrogen-bond acceptors (Lipinski definition) is 3. The molecule has 0 saturated heterocycles. The molecule has 0 fully saturated rings. The Bertz CT molecular complexity index is 1020. The van der Waals surface area contributed by atoms with Crippen LogP contribution in [0.4, 0.5) is 0 Å². The zero-order valence-corrected chi connectivity index (χ0v) is 16.6. The average molecular weight is 374 g/mol. The first kappa shape index (κ1) is 18.5. The van der Waals surface area contributed by atoms with E-state index >= 15 is 0 Å². The molecule has 1 aromatic carbocycles. The molecule has 1 atom stereocenters. The van der Waals surface area contributed by atoms with E-state index in [1.54, 1.807) is 29.3 Å². The molecule has 2 aromatic heterocycles. The number of fused-ring (bicyclic) bond motifs is 1. The number of aryl methyl sites for hydroxylation is 1. The molecule has 0 aliphatic carbocycles. The molecule has 2 heterocycles. The monoisotopic (exact) mass is 373 g/mol. The second-order valence-electron chi connectivity index (χ2n) is 6.72. The molecule has 26 heavy (non-hydrogen) atoms. The molecule has 6 heteroatoms. The molecule has 3 aromatic rings. The molecule has 0 spiro atoms. The topological polar surface area (TPSA) is 48.5 Å². The van der Waals surface area contributed by atoms with Gasteiger partial charge in [0.15, 0.2) is 5.82 Å². The summed E-state index contributed by atoms with van der Waals surface area (Å²) in [5.41, 5.74) is 3.30. The number of aromatic nitrogens is 3. The minimum Gasteiger partial charge on any atom is -0.497 e. The van der Waals surface area contributed by atoms with Gasteiger partial charge < -0.3 is 4.74 Å². The van der Waals surface area contributed by atoms with Crippen molar-refractivity contribution in [1.29, 1.82) is 0 Å². The van der Waals surface area contributed by atoms with Crippen LogP contribution in [0.5, 0.6) is 5.75 Å². The molecule has 5 nitrogen and oxygen atoms in total. The quantitative estimate of drug-likeness (QED) is 0.658. The molecular formula is C20H24ClN3O2. The third-order valence-electron chi connectivity index (χ3n) is 4.87. The van der Waals surface area contributed by atoms with Crippen LogP contribution < -0.4 is 10.3 Å². The maximum absolute atomic E-state index is 13.1. The van der Waals surface area contributed by atoms with Crippen molar-refractivity contribution in [2.45, 2.75) is 39.5 Å². The Hall–Kier alpha value is -2.27. The molecule has 1 unspecified atom stereocenters. The van der Waals surface area contributed by atoms with Crippen molar-refractivity contribution in [3.8, 4) is 17.1 Å². The lowest BCUT2D eigenvalue weighted by molar-refractivity contribution is 0.415. The van der Waals surface area contributed by atoms with Crippen LogP contribution in [0.15, 0.2) is 29.1 Å². The van der Waals surface area contributed by atoms with Gasteiger partial charge in [0.2, 0.25) is 0 Å². The summed E-state index contributed by atoms with van der Waals surface area (Å²) in [6, 6.07) is 7.44. The van der Waals surface area contributed by atoms with Gasteiger partial charge in [-0.3, -0.25) is 9.36 Å². The van der Waals surface area contributed by atoms with Crippen LogP contribution in [0.2, 0.25) is 5.02 Å². The Morgan fingerprint density at radius 1 is 1.31 bits per heavy atom. The van der Waals surface area contributed by atoms with Crippen LogP contribution in [0.3, 0.4) is 0 Å². The van der Waals surface area contributed by atoms with E-state index in [2.05, 4.69) is 19.9 Å². The first-order valence-corrected chi connectivity index (χ1v) is 9.20. The standard InChI is InChI=1S/C20H24ClN3O2/c1-6-7-12(2)16-10-13(3)24-18(16)20(25)23(4)19(22-24)15-9-8-14(26-5)11-17(15)21/h8-12H,6-7H2,1-5H3. The highest BCUT2D eigenvalue weighted by molar-refractivity contribution is 6.33. The molecule has 138 valence electrons. The molecule has 0 amide bonds. The van der Waals surface area contributed by atoms with Gasteiger partial charge in [-0.15, -0.1) is 5.10 Å². The van der Waals surface area contributed by atoms with Gasteiger partial charge in [0.05, 0.1) is 12.1 Å². The van der Waals surface area contributed by atoms with Crippen molar-refractivity contribution >= 4 is 17.1 Å². The Balaban J connectivity index is 2.26. The van der Waals surface area contributed by atoms with Crippen molar-refractivity contribution in [3.05, 3.63) is 50.9 Å². The van der Waals surface area contributed by atoms with Crippen LogP contribution in [0.25, 0.3) is 16.9 Å². The highest BCUT2D eigenvalue weighted by Crippen LogP contribution is 2.31. The van der Waals surface area contributed by atoms with Crippen LogP contribution in [0, 0.1) is 6.92 Å². The van der Waals surface area contributed by atoms with Gasteiger partial charge in [-0.1, -0.05) is 31.9 Å². The fourth-order valence-corrected chi connectivity index (χ4v) is 3.67. The summed E-state index contributed by atoms with van der Waals surface area (Å²) in [7, 11) is 3.33. The summed E-state index contributed by atoms with van der Waals surface area (Å²) in [6.07, 6.45) is 2.11. The van der Waals surface area contributed by atoms with Gasteiger partial charge in [-0.25, -0.2) is 4.52 Å². The van der Waals surface area contributed by atoms with Crippen LogP contribution in [-0.4, -0.2) is 21.3 Å². The lowest BCUT2D eigenvalue weighted by atomic mass is 9.97. The zero-order valence-electron chi connectivity index (χ0n) is 15.8. The minimum absolute atomic E-state index is 0.0621. The third kappa shape index (κ3) is 3.01. The van der Waals surface area contributed by atoms with Crippen LogP contribution in [0.1, 0.15) is 43.9 Å². The van der Waals surface area contributed by atoms with E-state index in [9.17, 15) is 4.79 Å². The highest BCUT2D eigenvalue weighted by atomic mass is 35.5. The molecule has 0 aliphatic heterocycles. The van der Waals surface area contributed by atoms with Gasteiger partial charge >= 0.3 is 0 Å². The molecule has 0 N–H and O–H groups in total. The first-order chi connectivity index (χ1) is 12.4. The molecule has 0 saturated carbocycles. The van der Waals surface area contributed by atoms with E-state index in [-0.39, 0.29) is 5.56 Å². The van der Waals surface area contributed by atoms with Crippen molar-refractivity contribution in [1.82, 2.24) is 14.2 Å². The Morgan fingerprint density at radius 2 is 2.04 bits per heavy atom. The minimum atomic E-state index is -0.0621. The summed E-state index contributed by atoms with van der Waals surface area (Å²) >= 11 is 6.41. The van der Waals surface area contributed by atoms with E-state index in [0.717, 1.165) is 24.1 Å². The van der Waals surface area contributed by atoms with Crippen molar-refractivity contribution in [2.24, 2.45) is 7.05 Å². The summed E-state index contributed by atoms with van der Waals surface area (Å²) in [6.45, 7) is 6.29. The number of rotatable bonds is 5. The van der Waals surface area contributed by atoms with Gasteiger partial charge in [0.1, 0.15) is 11.3 Å². The first-order valence-electron chi connectivity index (χ1n) is 8.82. The fraction of sp³-hybridized carbons (Fsp3) is 0.400. The predicted octanol–water partition coefficient (Wildman–Crippen LogP) is 4.57. The lowest BCUT2D eigenvalue weighted by Crippen LogP contribution is -2.24. The number of benzene rings is 1. The molecule has 0 aliphatic rings. The summed E-state index contributed by atoms with van der Waals surface area (Å²) in [5, 5.41) is 5.24. The summed E-state index contributed by atoms with van der Waals surface area (Å²) in [4.78, 5) is 13.1. The number of methoxy groups -OCH3 is 1. The smallest absolute Gasteiger partial charge is 0.278 e. The van der Waals surface area contributed by atoms with Gasteiger partial charge in [-0.05, 0) is 49.1 Å². The van der Waals surface area contributed by atoms with Crippen LogP contribution >= 0.6 is 11.6 Å². The van der Waals surface area contributed by atoms with Crippen molar-refractivity contribution < 1.29 is 4.74 Å². The van der Waals surface area contributed by atoms with E-state index in [0.29, 0.717) is 33.6 Å². The van der Waals surface area contributed by atoms with Gasteiger partial charge in [0, 0.05) is 18.3 Å². The SMILES string of the molecule is CCCC(C)c1cc(C)n2nc(-c3ccc(OC)cc3Cl)n(C)c(=O)c12. The number of halogens is 1. The Morgan fingerprint density at radius 3 is 2.65 bits per heavy atom. The molecule has 0 bridgehead atoms. The van der Waals surface area contributed by atoms with E-state index in [1.165, 1.54) is 0 Å². The maximum atomic E-state index is 13.1. The average Bonchev–Trinajstić information content (AvgIpc) is 2.95. The second kappa shape index (κ2) is 7.16. The van der Waals surface area contributed by atoms with Crippen molar-refractivity contribution in [3.63, 3.8) is 0 Å². The lowest BCUT2D eigenvalue weighted by Gasteiger charge is -2.13. The van der Waals surface area contributed by atoms with E-state index in [1.807, 2.05) is 19.1 Å². The number of ether oxygens (including phenoxy) is 1. The Labute approximate surface area is 158 Å². The predicted molar refractivity (Wildman–Crippen MR) is 105 cm³/mol. The van der Waals surface area contributed by atoms with Gasteiger partial charge in [-0.2, -0.15) is 0 Å². The van der Waals surface area contributed by atoms with Crippen molar-refractivity contribution in [2.75, 3.05) is 7.11 Å². The molecule has 3 rings (SSSR count). The zero-order chi connectivity index (χ0) is 19.0. The van der Waals surface area contributed by atoms with Crippen LogP contribution in [-0.2, 0) is 7.05 Å². The number of nitrogens with zero attached hydrogens (tertiary/aromatic N) is 3. The number of hydrogen-bond donors (Lipinski definition) is 0. The highest BCUT2D eigenvalue weighted by Gasteiger charge is 2.20. The summed E-state index contributed by atoms with van der Waals surface area (Å²) < 4.78 is 8.53. The Kier molecular flexibility index (Phi) is 5.10. The van der Waals surface area contributed by atoms with Gasteiger partial charge in [0.25, 0.3) is 5.56 Å². The third-order valence-corrected chi connectivity index (χ3v) is 5.19. The van der Waals surface area contributed by atoms with E-state index < -0.39 is 0 Å². The maximum Gasteiger partial charge on any atom is 0.278 e. The van der Waals surface area contributed by atoms with E-state index in [4.69, 9.17) is 21.4 Å². The fourth-order valence-electron chi connectivity index (χ4n) is 3.42.